The van der Waals surface area contributed by atoms with E-state index in [4.69, 9.17) is 12.2 Å². The number of anilines is 2. The molecule has 1 saturated carbocycles. The highest BCUT2D eigenvalue weighted by molar-refractivity contribution is 7.92. The van der Waals surface area contributed by atoms with Gasteiger partial charge < -0.3 is 14.8 Å². The molecule has 1 aliphatic heterocycles. The second-order valence-electron chi connectivity index (χ2n) is 10.0. The van der Waals surface area contributed by atoms with Crippen LogP contribution in [0.3, 0.4) is 0 Å². The first-order chi connectivity index (χ1) is 17.1. The first-order valence-electron chi connectivity index (χ1n) is 12.4. The Morgan fingerprint density at radius 2 is 1.83 bits per heavy atom. The van der Waals surface area contributed by atoms with Crippen molar-refractivity contribution >= 4 is 38.7 Å². The molecule has 36 heavy (non-hydrogen) atoms. The zero-order chi connectivity index (χ0) is 25.6. The maximum absolute atomic E-state index is 11.8. The molecule has 0 unspecified atom stereocenters. The minimum atomic E-state index is -3.37. The van der Waals surface area contributed by atoms with E-state index in [1.807, 2.05) is 43.5 Å². The van der Waals surface area contributed by atoms with E-state index in [0.29, 0.717) is 16.8 Å². The highest BCUT2D eigenvalue weighted by Crippen LogP contribution is 2.45. The lowest BCUT2D eigenvalue weighted by atomic mass is 9.96. The van der Waals surface area contributed by atoms with Gasteiger partial charge in [-0.15, -0.1) is 0 Å². The number of nitrogens with one attached hydrogen (secondary N) is 2. The predicted octanol–water partition coefficient (Wildman–Crippen LogP) is 5.47. The average Bonchev–Trinajstić information content (AvgIpc) is 3.53. The van der Waals surface area contributed by atoms with E-state index in [1.54, 1.807) is 6.07 Å². The number of rotatable bonds is 6. The lowest BCUT2D eigenvalue weighted by molar-refractivity contribution is 0.494. The van der Waals surface area contributed by atoms with Crippen molar-refractivity contribution in [3.63, 3.8) is 0 Å². The minimum Gasteiger partial charge on any atom is -0.351 e. The van der Waals surface area contributed by atoms with Crippen molar-refractivity contribution in [3.05, 3.63) is 76.9 Å². The molecular weight excluding hydrogens is 490 g/mol. The number of sulfonamides is 1. The SMILES string of the molecule is Cc1cc(N2C(=S)N[C@H](c3ccccn3)[C@@H]2c2cc(C)n(C3CCCC3)c2C)ccc1NS(C)(=O)=O. The minimum absolute atomic E-state index is 0.0955. The molecule has 2 fully saturated rings. The Hall–Kier alpha value is -2.91. The number of thiocarbonyl (C=S) groups is 1. The van der Waals surface area contributed by atoms with Gasteiger partial charge in [0.05, 0.1) is 29.7 Å². The fourth-order valence-corrected chi connectivity index (χ4v) is 6.86. The van der Waals surface area contributed by atoms with E-state index in [2.05, 4.69) is 44.4 Å². The molecule has 7 nitrogen and oxygen atoms in total. The summed E-state index contributed by atoms with van der Waals surface area (Å²) in [6.45, 7) is 6.33. The van der Waals surface area contributed by atoms with Crippen molar-refractivity contribution in [2.45, 2.75) is 64.6 Å². The molecule has 9 heteroatoms. The van der Waals surface area contributed by atoms with Gasteiger partial charge in [-0.05, 0) is 93.4 Å². The second kappa shape index (κ2) is 9.52. The van der Waals surface area contributed by atoms with Gasteiger partial charge in [0.1, 0.15) is 0 Å². The Morgan fingerprint density at radius 1 is 1.08 bits per heavy atom. The molecule has 5 rings (SSSR count). The van der Waals surface area contributed by atoms with Crippen LogP contribution in [-0.2, 0) is 10.0 Å². The number of aryl methyl sites for hydroxylation is 2. The smallest absolute Gasteiger partial charge is 0.229 e. The third kappa shape index (κ3) is 4.62. The molecule has 1 aliphatic carbocycles. The second-order valence-corrected chi connectivity index (χ2v) is 12.1. The van der Waals surface area contributed by atoms with Gasteiger partial charge in [-0.3, -0.25) is 9.71 Å². The maximum atomic E-state index is 11.8. The summed E-state index contributed by atoms with van der Waals surface area (Å²) in [4.78, 5) is 6.83. The molecule has 0 amide bonds. The molecule has 3 aromatic rings. The van der Waals surface area contributed by atoms with Gasteiger partial charge in [0.25, 0.3) is 0 Å². The van der Waals surface area contributed by atoms with Gasteiger partial charge in [0, 0.05) is 29.3 Å². The van der Waals surface area contributed by atoms with Crippen LogP contribution in [-0.4, -0.2) is 29.3 Å². The number of hydrogen-bond acceptors (Lipinski definition) is 4. The molecule has 0 bridgehead atoms. The summed E-state index contributed by atoms with van der Waals surface area (Å²) in [7, 11) is -3.37. The van der Waals surface area contributed by atoms with E-state index in [-0.39, 0.29) is 12.1 Å². The van der Waals surface area contributed by atoms with Gasteiger partial charge in [-0.2, -0.15) is 0 Å². The number of benzene rings is 1. The third-order valence-corrected chi connectivity index (χ3v) is 8.32. The summed E-state index contributed by atoms with van der Waals surface area (Å²) in [6.07, 6.45) is 7.98. The molecule has 2 aliphatic rings. The first kappa shape index (κ1) is 24.8. The molecule has 0 spiro atoms. The molecule has 3 heterocycles. The van der Waals surface area contributed by atoms with E-state index >= 15 is 0 Å². The lowest BCUT2D eigenvalue weighted by Crippen LogP contribution is -2.29. The van der Waals surface area contributed by atoms with E-state index in [0.717, 1.165) is 23.2 Å². The normalized spacial score (nSPS) is 20.7. The van der Waals surface area contributed by atoms with Crippen LogP contribution >= 0.6 is 12.2 Å². The standard InChI is InChI=1S/C27H33N5O2S2/c1-17-15-21(12-13-23(17)30-36(4,33)34)32-26(25(29-27(32)35)24-11-7-8-14-28-24)22-16-18(2)31(19(22)3)20-9-5-6-10-20/h7-8,11-16,20,25-26,30H,5-6,9-10H2,1-4H3,(H,29,35)/t25-,26+/m1/s1. The summed E-state index contributed by atoms with van der Waals surface area (Å²) in [6, 6.07) is 14.3. The first-order valence-corrected chi connectivity index (χ1v) is 14.7. The van der Waals surface area contributed by atoms with Gasteiger partial charge in [0.15, 0.2) is 5.11 Å². The molecule has 190 valence electrons. The molecule has 1 saturated heterocycles. The van der Waals surface area contributed by atoms with Crippen LogP contribution in [0.1, 0.15) is 72.0 Å². The topological polar surface area (TPSA) is 79.3 Å². The van der Waals surface area contributed by atoms with Gasteiger partial charge >= 0.3 is 0 Å². The Balaban J connectivity index is 1.62. The molecular formula is C27H33N5O2S2. The molecule has 0 radical (unpaired) electrons. The maximum Gasteiger partial charge on any atom is 0.229 e. The van der Waals surface area contributed by atoms with Crippen molar-refractivity contribution < 1.29 is 8.42 Å². The lowest BCUT2D eigenvalue weighted by Gasteiger charge is -2.29. The number of aromatic nitrogens is 2. The Labute approximate surface area is 219 Å². The molecule has 2 atom stereocenters. The van der Waals surface area contributed by atoms with Gasteiger partial charge in [-0.25, -0.2) is 8.42 Å². The van der Waals surface area contributed by atoms with Gasteiger partial charge in [-0.1, -0.05) is 18.9 Å². The Bertz CT molecular complexity index is 1400. The average molecular weight is 524 g/mol. The molecule has 2 N–H and O–H groups in total. The Kier molecular flexibility index (Phi) is 6.55. The zero-order valence-electron chi connectivity index (χ0n) is 21.2. The van der Waals surface area contributed by atoms with Crippen LogP contribution in [0, 0.1) is 20.8 Å². The molecule has 1 aromatic carbocycles. The number of hydrogen-bond donors (Lipinski definition) is 2. The fraction of sp³-hybridized carbons (Fsp3) is 0.407. The summed E-state index contributed by atoms with van der Waals surface area (Å²) in [5, 5.41) is 4.17. The van der Waals surface area contributed by atoms with E-state index in [1.165, 1.54) is 42.6 Å². The number of nitrogens with zero attached hydrogens (tertiary/aromatic N) is 3. The summed E-state index contributed by atoms with van der Waals surface area (Å²) >= 11 is 5.90. The monoisotopic (exact) mass is 523 g/mol. The zero-order valence-corrected chi connectivity index (χ0v) is 22.8. The largest absolute Gasteiger partial charge is 0.351 e. The highest BCUT2D eigenvalue weighted by Gasteiger charge is 2.42. The van der Waals surface area contributed by atoms with Crippen LogP contribution in [0.4, 0.5) is 11.4 Å². The summed E-state index contributed by atoms with van der Waals surface area (Å²) < 4.78 is 28.7. The quantitative estimate of drug-likeness (QED) is 0.417. The Morgan fingerprint density at radius 3 is 2.47 bits per heavy atom. The van der Waals surface area contributed by atoms with Crippen LogP contribution in [0.5, 0.6) is 0 Å². The van der Waals surface area contributed by atoms with Gasteiger partial charge in [0.2, 0.25) is 10.0 Å². The van der Waals surface area contributed by atoms with E-state index in [9.17, 15) is 8.42 Å². The van der Waals surface area contributed by atoms with Crippen molar-refractivity contribution in [2.24, 2.45) is 0 Å². The van der Waals surface area contributed by atoms with Crippen LogP contribution in [0.15, 0.2) is 48.7 Å². The van der Waals surface area contributed by atoms with Crippen LogP contribution in [0.2, 0.25) is 0 Å². The summed E-state index contributed by atoms with van der Waals surface area (Å²) in [5.74, 6) is 0. The van der Waals surface area contributed by atoms with Crippen molar-refractivity contribution in [3.8, 4) is 0 Å². The van der Waals surface area contributed by atoms with Crippen LogP contribution in [0.25, 0.3) is 0 Å². The summed E-state index contributed by atoms with van der Waals surface area (Å²) in [5.41, 5.74) is 7.03. The predicted molar refractivity (Wildman–Crippen MR) is 149 cm³/mol. The van der Waals surface area contributed by atoms with Crippen molar-refractivity contribution in [2.75, 3.05) is 15.9 Å². The fourth-order valence-electron chi connectivity index (χ4n) is 5.89. The number of pyridine rings is 1. The third-order valence-electron chi connectivity index (χ3n) is 7.41. The van der Waals surface area contributed by atoms with Crippen molar-refractivity contribution in [1.82, 2.24) is 14.9 Å². The van der Waals surface area contributed by atoms with Crippen LogP contribution < -0.4 is 14.9 Å². The van der Waals surface area contributed by atoms with Crippen molar-refractivity contribution in [1.29, 1.82) is 0 Å². The van der Waals surface area contributed by atoms with E-state index < -0.39 is 10.0 Å². The molecule has 2 aromatic heterocycles. The highest BCUT2D eigenvalue weighted by atomic mass is 32.2.